The van der Waals surface area contributed by atoms with Gasteiger partial charge in [0.2, 0.25) is 0 Å². The lowest BCUT2D eigenvalue weighted by molar-refractivity contribution is -0.210. The van der Waals surface area contributed by atoms with Crippen molar-refractivity contribution in [3.05, 3.63) is 35.1 Å². The molecule has 1 rings (SSSR count). The zero-order valence-corrected chi connectivity index (χ0v) is 9.06. The Balaban J connectivity index is 3.10. The van der Waals surface area contributed by atoms with Gasteiger partial charge in [0.05, 0.1) is 11.6 Å². The lowest BCUT2D eigenvalue weighted by Gasteiger charge is -2.22. The third kappa shape index (κ3) is 3.57. The molecule has 19 heavy (non-hydrogen) atoms. The molecule has 0 aliphatic rings. The minimum Gasteiger partial charge on any atom is -0.382 e. The molecule has 0 amide bonds. The van der Waals surface area contributed by atoms with Crippen molar-refractivity contribution in [1.29, 1.82) is 0 Å². The second kappa shape index (κ2) is 4.97. The summed E-state index contributed by atoms with van der Waals surface area (Å²) in [6.07, 6.45) is -13.0. The third-order valence-corrected chi connectivity index (χ3v) is 2.36. The zero-order chi connectivity index (χ0) is 15.0. The number of halogens is 7. The van der Waals surface area contributed by atoms with E-state index in [-0.39, 0.29) is 6.07 Å². The number of nitrogens with two attached hydrogens (primary N) is 1. The first kappa shape index (κ1) is 15.7. The maximum Gasteiger partial charge on any atom is 0.416 e. The van der Waals surface area contributed by atoms with E-state index in [0.29, 0.717) is 12.1 Å². The van der Waals surface area contributed by atoms with Crippen molar-refractivity contribution < 1.29 is 35.8 Å². The molecule has 0 aliphatic carbocycles. The Morgan fingerprint density at radius 1 is 1.05 bits per heavy atom. The molecule has 0 unspecified atom stereocenters. The summed E-state index contributed by atoms with van der Waals surface area (Å²) in [4.78, 5) is 0. The molecule has 1 aromatic carbocycles. The van der Waals surface area contributed by atoms with Gasteiger partial charge < -0.3 is 10.8 Å². The third-order valence-electron chi connectivity index (χ3n) is 2.36. The van der Waals surface area contributed by atoms with E-state index in [9.17, 15) is 30.7 Å². The monoisotopic (exact) mass is 291 g/mol. The van der Waals surface area contributed by atoms with Crippen LogP contribution >= 0.6 is 0 Å². The predicted octanol–water partition coefficient (Wildman–Crippen LogP) is 2.77. The molecular weight excluding hydrogens is 283 g/mol. The lowest BCUT2D eigenvalue weighted by Crippen LogP contribution is -2.39. The quantitative estimate of drug-likeness (QED) is 0.823. The number of rotatable bonds is 2. The first-order chi connectivity index (χ1) is 8.44. The van der Waals surface area contributed by atoms with Gasteiger partial charge in [-0.1, -0.05) is 6.07 Å². The van der Waals surface area contributed by atoms with E-state index in [4.69, 9.17) is 10.8 Å². The fraction of sp³-hybridized carbons (Fsp3) is 0.400. The Morgan fingerprint density at radius 2 is 1.58 bits per heavy atom. The van der Waals surface area contributed by atoms with E-state index >= 15 is 0 Å². The maximum atomic E-state index is 13.3. The highest BCUT2D eigenvalue weighted by Crippen LogP contribution is 2.33. The topological polar surface area (TPSA) is 46.2 Å². The smallest absolute Gasteiger partial charge is 0.382 e. The minimum atomic E-state index is -5.10. The van der Waals surface area contributed by atoms with Gasteiger partial charge in [-0.2, -0.15) is 26.3 Å². The lowest BCUT2D eigenvalue weighted by atomic mass is 9.99. The number of hydrogen-bond donors (Lipinski definition) is 2. The molecule has 0 fully saturated rings. The molecule has 3 N–H and O–H groups in total. The molecule has 2 nitrogen and oxygen atoms in total. The second-order valence-corrected chi connectivity index (χ2v) is 3.75. The molecule has 1 aromatic rings. The molecule has 0 radical (unpaired) electrons. The predicted molar refractivity (Wildman–Crippen MR) is 50.4 cm³/mol. The molecule has 2 atom stereocenters. The highest BCUT2D eigenvalue weighted by Gasteiger charge is 2.43. The highest BCUT2D eigenvalue weighted by molar-refractivity contribution is 5.29. The first-order valence-corrected chi connectivity index (χ1v) is 4.81. The number of alkyl halides is 6. The fourth-order valence-corrected chi connectivity index (χ4v) is 1.35. The number of aliphatic hydroxyl groups is 1. The van der Waals surface area contributed by atoms with Crippen molar-refractivity contribution in [3.63, 3.8) is 0 Å². The van der Waals surface area contributed by atoms with E-state index in [1.54, 1.807) is 0 Å². The van der Waals surface area contributed by atoms with Crippen LogP contribution in [0.2, 0.25) is 0 Å². The number of aliphatic hydroxyl groups excluding tert-OH is 1. The molecule has 0 aromatic heterocycles. The van der Waals surface area contributed by atoms with E-state index in [0.717, 1.165) is 0 Å². The molecule has 108 valence electrons. The van der Waals surface area contributed by atoms with Crippen LogP contribution in [0.4, 0.5) is 30.7 Å². The summed E-state index contributed by atoms with van der Waals surface area (Å²) >= 11 is 0. The molecule has 0 saturated heterocycles. The van der Waals surface area contributed by atoms with Crippen LogP contribution in [0, 0.1) is 5.82 Å². The van der Waals surface area contributed by atoms with Crippen LogP contribution < -0.4 is 5.73 Å². The highest BCUT2D eigenvalue weighted by atomic mass is 19.4. The number of benzene rings is 1. The van der Waals surface area contributed by atoms with Crippen molar-refractivity contribution >= 4 is 0 Å². The van der Waals surface area contributed by atoms with Gasteiger partial charge in [-0.05, 0) is 12.1 Å². The Morgan fingerprint density at radius 3 is 1.95 bits per heavy atom. The van der Waals surface area contributed by atoms with E-state index < -0.39 is 41.4 Å². The van der Waals surface area contributed by atoms with Crippen LogP contribution in [0.1, 0.15) is 17.2 Å². The summed E-state index contributed by atoms with van der Waals surface area (Å²) in [6, 6.07) is -1.32. The zero-order valence-electron chi connectivity index (χ0n) is 9.06. The average Bonchev–Trinajstić information content (AvgIpc) is 2.24. The van der Waals surface area contributed by atoms with Crippen molar-refractivity contribution in [2.45, 2.75) is 24.5 Å². The minimum absolute atomic E-state index is 0.0261. The van der Waals surface area contributed by atoms with Crippen LogP contribution in [0.15, 0.2) is 18.2 Å². The van der Waals surface area contributed by atoms with Gasteiger partial charge in [0.15, 0.2) is 6.10 Å². The van der Waals surface area contributed by atoms with Gasteiger partial charge >= 0.3 is 12.4 Å². The second-order valence-electron chi connectivity index (χ2n) is 3.75. The maximum absolute atomic E-state index is 13.3. The van der Waals surface area contributed by atoms with Gasteiger partial charge in [-0.15, -0.1) is 0 Å². The summed E-state index contributed by atoms with van der Waals surface area (Å²) in [5.74, 6) is -1.56. The van der Waals surface area contributed by atoms with Crippen molar-refractivity contribution in [3.8, 4) is 0 Å². The molecule has 0 saturated carbocycles. The number of hydrogen-bond acceptors (Lipinski definition) is 2. The Labute approximate surface area is 102 Å². The molecular formula is C10H8F7NO. The van der Waals surface area contributed by atoms with Gasteiger partial charge in [0.25, 0.3) is 0 Å². The standard InChI is InChI=1S/C10H8F7NO/c11-6-3-4(9(12,13)14)1-2-5(6)7(18)8(19)10(15,16)17/h1-3,7-8,19H,18H2/t7-,8-/m1/s1. The normalized spacial score (nSPS) is 16.3. The fourth-order valence-electron chi connectivity index (χ4n) is 1.35. The van der Waals surface area contributed by atoms with E-state index in [2.05, 4.69) is 0 Å². The van der Waals surface area contributed by atoms with Crippen molar-refractivity contribution in [2.24, 2.45) is 5.73 Å². The molecule has 0 heterocycles. The van der Waals surface area contributed by atoms with Crippen LogP contribution in [0.5, 0.6) is 0 Å². The van der Waals surface area contributed by atoms with Crippen LogP contribution in [0.25, 0.3) is 0 Å². The first-order valence-electron chi connectivity index (χ1n) is 4.81. The molecule has 9 heteroatoms. The van der Waals surface area contributed by atoms with Gasteiger partial charge in [-0.25, -0.2) is 4.39 Å². The molecule has 0 spiro atoms. The SMILES string of the molecule is N[C@H](c1ccc(C(F)(F)F)cc1F)[C@@H](O)C(F)(F)F. The summed E-state index contributed by atoms with van der Waals surface area (Å²) < 4.78 is 86.4. The van der Waals surface area contributed by atoms with Crippen LogP contribution in [-0.4, -0.2) is 17.4 Å². The Hall–Kier alpha value is -1.35. The molecule has 0 bridgehead atoms. The van der Waals surface area contributed by atoms with Gasteiger partial charge in [0, 0.05) is 5.56 Å². The summed E-state index contributed by atoms with van der Waals surface area (Å²) in [5, 5.41) is 8.82. The largest absolute Gasteiger partial charge is 0.416 e. The van der Waals surface area contributed by atoms with Crippen molar-refractivity contribution in [1.82, 2.24) is 0 Å². The average molecular weight is 291 g/mol. The molecule has 0 aliphatic heterocycles. The van der Waals surface area contributed by atoms with Gasteiger partial charge in [0.1, 0.15) is 5.82 Å². The Bertz CT molecular complexity index is 454. The Kier molecular flexibility index (Phi) is 4.11. The van der Waals surface area contributed by atoms with Crippen LogP contribution in [0.3, 0.4) is 0 Å². The van der Waals surface area contributed by atoms with Crippen molar-refractivity contribution in [2.75, 3.05) is 0 Å². The van der Waals surface area contributed by atoms with Gasteiger partial charge in [-0.3, -0.25) is 0 Å². The summed E-state index contributed by atoms with van der Waals surface area (Å²) in [6.45, 7) is 0. The summed E-state index contributed by atoms with van der Waals surface area (Å²) in [5.41, 5.74) is 2.79. The summed E-state index contributed by atoms with van der Waals surface area (Å²) in [7, 11) is 0. The van der Waals surface area contributed by atoms with E-state index in [1.807, 2.05) is 0 Å². The van der Waals surface area contributed by atoms with Crippen LogP contribution in [-0.2, 0) is 6.18 Å². The van der Waals surface area contributed by atoms with E-state index in [1.165, 1.54) is 0 Å².